The van der Waals surface area contributed by atoms with Crippen molar-refractivity contribution in [1.82, 2.24) is 29.9 Å². The first-order chi connectivity index (χ1) is 13.8. The molecule has 5 aromatic rings. The summed E-state index contributed by atoms with van der Waals surface area (Å²) in [6, 6.07) is 12.6. The molecule has 28 heavy (non-hydrogen) atoms. The van der Waals surface area contributed by atoms with E-state index in [1.54, 1.807) is 42.7 Å². The maximum absolute atomic E-state index is 13.0. The van der Waals surface area contributed by atoms with Gasteiger partial charge in [0.2, 0.25) is 11.7 Å². The number of hydrogen-bond donors (Lipinski definition) is 1. The Kier molecular flexibility index (Phi) is 4.02. The van der Waals surface area contributed by atoms with Crippen LogP contribution in [0.3, 0.4) is 0 Å². The molecule has 0 bridgehead atoms. The van der Waals surface area contributed by atoms with Crippen molar-refractivity contribution >= 4 is 22.7 Å². The Balaban J connectivity index is 1.52. The normalized spacial score (nSPS) is 11.3. The van der Waals surface area contributed by atoms with E-state index >= 15 is 0 Å². The second kappa shape index (κ2) is 6.82. The molecule has 0 aliphatic heterocycles. The van der Waals surface area contributed by atoms with Crippen LogP contribution in [0.15, 0.2) is 73.9 Å². The van der Waals surface area contributed by atoms with Crippen molar-refractivity contribution in [2.24, 2.45) is 0 Å². The first kappa shape index (κ1) is 16.5. The second-order valence-electron chi connectivity index (χ2n) is 5.81. The number of fused-ring (bicyclic) bond motifs is 1. The number of H-pyrrole nitrogens is 1. The first-order valence-electron chi connectivity index (χ1n) is 8.29. The quantitative estimate of drug-likeness (QED) is 0.358. The minimum absolute atomic E-state index is 0.221. The molecular weight excluding hydrogens is 380 g/mol. The number of aromatic amines is 1. The second-order valence-corrected chi connectivity index (χ2v) is 6.75. The standard InChI is InChI=1S/C18H12N6O3S/c25-16-12-4-1-2-5-13(12)21-18(24(16)17-19-10-20-22-17)28-9-11-8-15(27-23-11)14-6-3-7-26-14/h1-8,10H,9H2,(H,19,20,22). The maximum atomic E-state index is 13.0. The molecule has 138 valence electrons. The fourth-order valence-electron chi connectivity index (χ4n) is 2.76. The van der Waals surface area contributed by atoms with E-state index in [2.05, 4.69) is 25.3 Å². The van der Waals surface area contributed by atoms with E-state index in [1.807, 2.05) is 6.07 Å². The van der Waals surface area contributed by atoms with Gasteiger partial charge in [-0.05, 0) is 24.3 Å². The number of para-hydroxylation sites is 1. The van der Waals surface area contributed by atoms with Crippen molar-refractivity contribution < 1.29 is 8.94 Å². The molecule has 5 rings (SSSR count). The molecule has 0 fully saturated rings. The fourth-order valence-corrected chi connectivity index (χ4v) is 3.63. The summed E-state index contributed by atoms with van der Waals surface area (Å²) >= 11 is 1.35. The van der Waals surface area contributed by atoms with Crippen LogP contribution in [-0.4, -0.2) is 29.9 Å². The number of nitrogens with zero attached hydrogens (tertiary/aromatic N) is 5. The predicted molar refractivity (Wildman–Crippen MR) is 101 cm³/mol. The number of nitrogens with one attached hydrogen (secondary N) is 1. The first-order valence-corrected chi connectivity index (χ1v) is 9.28. The van der Waals surface area contributed by atoms with Crippen LogP contribution in [0.5, 0.6) is 0 Å². The van der Waals surface area contributed by atoms with Crippen LogP contribution < -0.4 is 5.56 Å². The van der Waals surface area contributed by atoms with Gasteiger partial charge in [-0.25, -0.2) is 14.6 Å². The maximum Gasteiger partial charge on any atom is 0.269 e. The van der Waals surface area contributed by atoms with E-state index in [4.69, 9.17) is 8.94 Å². The van der Waals surface area contributed by atoms with Gasteiger partial charge in [0.05, 0.1) is 22.9 Å². The molecule has 0 aliphatic rings. The third kappa shape index (κ3) is 2.89. The van der Waals surface area contributed by atoms with Gasteiger partial charge < -0.3 is 8.94 Å². The summed E-state index contributed by atoms with van der Waals surface area (Å²) in [5.41, 5.74) is 1.09. The van der Waals surface area contributed by atoms with Crippen molar-refractivity contribution in [3.8, 4) is 17.5 Å². The van der Waals surface area contributed by atoms with Gasteiger partial charge in [0.25, 0.3) is 5.56 Å². The predicted octanol–water partition coefficient (Wildman–Crippen LogP) is 3.04. The summed E-state index contributed by atoms with van der Waals surface area (Å²) < 4.78 is 12.0. The van der Waals surface area contributed by atoms with Gasteiger partial charge in [0.1, 0.15) is 6.33 Å². The Morgan fingerprint density at radius 3 is 2.89 bits per heavy atom. The molecule has 1 aromatic carbocycles. The van der Waals surface area contributed by atoms with Crippen LogP contribution in [0.2, 0.25) is 0 Å². The zero-order valence-electron chi connectivity index (χ0n) is 14.3. The number of furan rings is 1. The number of aromatic nitrogens is 6. The Hall–Kier alpha value is -3.66. The highest BCUT2D eigenvalue weighted by Gasteiger charge is 2.16. The highest BCUT2D eigenvalue weighted by Crippen LogP contribution is 2.26. The molecule has 1 N–H and O–H groups in total. The summed E-state index contributed by atoms with van der Waals surface area (Å²) in [5, 5.41) is 11.6. The van der Waals surface area contributed by atoms with Crippen molar-refractivity contribution in [2.45, 2.75) is 10.9 Å². The van der Waals surface area contributed by atoms with Gasteiger partial charge in [0.15, 0.2) is 10.9 Å². The lowest BCUT2D eigenvalue weighted by molar-refractivity contribution is 0.413. The average Bonchev–Trinajstić information content (AvgIpc) is 3.48. The average molecular weight is 392 g/mol. The molecule has 4 aromatic heterocycles. The number of benzene rings is 1. The molecular formula is C18H12N6O3S. The highest BCUT2D eigenvalue weighted by atomic mass is 32.2. The van der Waals surface area contributed by atoms with E-state index in [-0.39, 0.29) is 5.56 Å². The Morgan fingerprint density at radius 1 is 1.14 bits per heavy atom. The third-order valence-corrected chi connectivity index (χ3v) is 5.00. The summed E-state index contributed by atoms with van der Waals surface area (Å²) in [5.74, 6) is 1.90. The van der Waals surface area contributed by atoms with Crippen LogP contribution in [0.4, 0.5) is 0 Å². The van der Waals surface area contributed by atoms with Crippen LogP contribution >= 0.6 is 11.8 Å². The lowest BCUT2D eigenvalue weighted by atomic mass is 10.2. The van der Waals surface area contributed by atoms with Gasteiger partial charge in [-0.3, -0.25) is 4.79 Å². The molecule has 0 spiro atoms. The van der Waals surface area contributed by atoms with Crippen molar-refractivity contribution in [3.05, 3.63) is 71.1 Å². The van der Waals surface area contributed by atoms with E-state index in [9.17, 15) is 4.79 Å². The Labute approximate surface area is 161 Å². The van der Waals surface area contributed by atoms with Crippen molar-refractivity contribution in [2.75, 3.05) is 0 Å². The SMILES string of the molecule is O=c1c2ccccc2nc(SCc2cc(-c3ccco3)on2)n1-c1ncn[nH]1. The zero-order chi connectivity index (χ0) is 18.9. The molecule has 0 unspecified atom stereocenters. The van der Waals surface area contributed by atoms with Gasteiger partial charge in [-0.15, -0.1) is 0 Å². The van der Waals surface area contributed by atoms with E-state index < -0.39 is 0 Å². The van der Waals surface area contributed by atoms with Gasteiger partial charge in [-0.2, -0.15) is 10.1 Å². The fraction of sp³-hybridized carbons (Fsp3) is 0.0556. The zero-order valence-corrected chi connectivity index (χ0v) is 15.1. The molecule has 0 saturated carbocycles. The van der Waals surface area contributed by atoms with Gasteiger partial charge in [-0.1, -0.05) is 29.1 Å². The molecule has 9 nitrogen and oxygen atoms in total. The lowest BCUT2D eigenvalue weighted by Crippen LogP contribution is -2.22. The highest BCUT2D eigenvalue weighted by molar-refractivity contribution is 7.98. The minimum Gasteiger partial charge on any atom is -0.461 e. The van der Waals surface area contributed by atoms with Gasteiger partial charge >= 0.3 is 0 Å². The third-order valence-electron chi connectivity index (χ3n) is 4.03. The lowest BCUT2D eigenvalue weighted by Gasteiger charge is -2.09. The largest absolute Gasteiger partial charge is 0.461 e. The summed E-state index contributed by atoms with van der Waals surface area (Å²) in [7, 11) is 0. The number of rotatable bonds is 5. The summed E-state index contributed by atoms with van der Waals surface area (Å²) in [6.45, 7) is 0. The molecule has 10 heteroatoms. The summed E-state index contributed by atoms with van der Waals surface area (Å²) in [6.07, 6.45) is 2.92. The smallest absolute Gasteiger partial charge is 0.269 e. The van der Waals surface area contributed by atoms with Crippen LogP contribution in [0.25, 0.3) is 28.4 Å². The molecule has 4 heterocycles. The van der Waals surface area contributed by atoms with Crippen molar-refractivity contribution in [1.29, 1.82) is 0 Å². The molecule has 0 aliphatic carbocycles. The molecule has 0 atom stereocenters. The molecule has 0 amide bonds. The van der Waals surface area contributed by atoms with E-state index in [1.165, 1.54) is 22.7 Å². The Morgan fingerprint density at radius 2 is 2.07 bits per heavy atom. The topological polar surface area (TPSA) is 116 Å². The minimum atomic E-state index is -0.221. The van der Waals surface area contributed by atoms with E-state index in [0.717, 1.165) is 0 Å². The van der Waals surface area contributed by atoms with Crippen LogP contribution in [0, 0.1) is 0 Å². The van der Waals surface area contributed by atoms with Crippen LogP contribution in [0.1, 0.15) is 5.69 Å². The number of thioether (sulfide) groups is 1. The Bertz CT molecular complexity index is 1290. The monoisotopic (exact) mass is 392 g/mol. The summed E-state index contributed by atoms with van der Waals surface area (Å²) in [4.78, 5) is 21.7. The molecule has 0 saturated heterocycles. The number of hydrogen-bond acceptors (Lipinski definition) is 8. The van der Waals surface area contributed by atoms with Crippen molar-refractivity contribution in [3.63, 3.8) is 0 Å². The van der Waals surface area contributed by atoms with Crippen LogP contribution in [-0.2, 0) is 5.75 Å². The van der Waals surface area contributed by atoms with E-state index in [0.29, 0.717) is 45.0 Å². The van der Waals surface area contributed by atoms with Gasteiger partial charge in [0, 0.05) is 11.8 Å². The molecule has 0 radical (unpaired) electrons.